The lowest BCUT2D eigenvalue weighted by Gasteiger charge is -2.26. The van der Waals surface area contributed by atoms with E-state index in [0.29, 0.717) is 12.1 Å². The van der Waals surface area contributed by atoms with Crippen molar-refractivity contribution in [3.05, 3.63) is 17.5 Å². The number of rotatable bonds is 3. The van der Waals surface area contributed by atoms with Crippen LogP contribution in [0.4, 0.5) is 0 Å². The highest BCUT2D eigenvalue weighted by Gasteiger charge is 2.18. The normalized spacial score (nSPS) is 25.9. The minimum atomic E-state index is 0.429. The van der Waals surface area contributed by atoms with E-state index in [1.807, 2.05) is 11.7 Å². The Kier molecular flexibility index (Phi) is 3.61. The number of nitrogens with one attached hydrogen (secondary N) is 1. The Bertz CT molecular complexity index is 337. The predicted octanol–water partition coefficient (Wildman–Crippen LogP) is 1.09. The first-order valence-corrected chi connectivity index (χ1v) is 6.13. The largest absolute Gasteiger partial charge is 0.328 e. The topological polar surface area (TPSA) is 55.9 Å². The maximum Gasteiger partial charge on any atom is 0.0638 e. The average molecular weight is 222 g/mol. The van der Waals surface area contributed by atoms with Gasteiger partial charge in [0.1, 0.15) is 0 Å². The molecule has 4 heteroatoms. The standard InChI is InChI=1S/C12H22N4/c1-9-10(8-16(2)15-9)7-14-12-5-3-11(13)4-6-12/h8,11-12,14H,3-7,13H2,1-2H3. The fraction of sp³-hybridized carbons (Fsp3) is 0.750. The highest BCUT2D eigenvalue weighted by atomic mass is 15.2. The van der Waals surface area contributed by atoms with Crippen LogP contribution in [0.5, 0.6) is 0 Å². The zero-order valence-corrected chi connectivity index (χ0v) is 10.2. The van der Waals surface area contributed by atoms with Crippen LogP contribution in [-0.4, -0.2) is 21.9 Å². The fourth-order valence-corrected chi connectivity index (χ4v) is 2.40. The van der Waals surface area contributed by atoms with Gasteiger partial charge >= 0.3 is 0 Å². The van der Waals surface area contributed by atoms with Gasteiger partial charge in [-0.1, -0.05) is 0 Å². The van der Waals surface area contributed by atoms with Gasteiger partial charge in [0.05, 0.1) is 5.69 Å². The molecule has 2 rings (SSSR count). The smallest absolute Gasteiger partial charge is 0.0638 e. The molecule has 0 aromatic carbocycles. The van der Waals surface area contributed by atoms with E-state index in [-0.39, 0.29) is 0 Å². The molecule has 0 bridgehead atoms. The number of hydrogen-bond acceptors (Lipinski definition) is 3. The quantitative estimate of drug-likeness (QED) is 0.805. The second kappa shape index (κ2) is 4.97. The molecule has 0 spiro atoms. The van der Waals surface area contributed by atoms with Gasteiger partial charge in [0, 0.05) is 37.4 Å². The van der Waals surface area contributed by atoms with Gasteiger partial charge in [-0.05, 0) is 32.6 Å². The highest BCUT2D eigenvalue weighted by molar-refractivity contribution is 5.14. The molecular formula is C12H22N4. The van der Waals surface area contributed by atoms with Crippen molar-refractivity contribution in [1.82, 2.24) is 15.1 Å². The third kappa shape index (κ3) is 2.83. The maximum atomic E-state index is 5.89. The summed E-state index contributed by atoms with van der Waals surface area (Å²) in [6.07, 6.45) is 6.82. The summed E-state index contributed by atoms with van der Waals surface area (Å²) in [6, 6.07) is 1.07. The summed E-state index contributed by atoms with van der Waals surface area (Å²) in [5, 5.41) is 7.95. The molecule has 1 aromatic heterocycles. The molecule has 1 aliphatic rings. The minimum Gasteiger partial charge on any atom is -0.328 e. The van der Waals surface area contributed by atoms with Crippen molar-refractivity contribution in [2.75, 3.05) is 0 Å². The molecule has 1 aliphatic carbocycles. The summed E-state index contributed by atoms with van der Waals surface area (Å²) >= 11 is 0. The highest BCUT2D eigenvalue weighted by Crippen LogP contribution is 2.17. The molecule has 0 amide bonds. The molecule has 1 heterocycles. The molecule has 0 unspecified atom stereocenters. The zero-order valence-electron chi connectivity index (χ0n) is 10.2. The van der Waals surface area contributed by atoms with Gasteiger partial charge in [-0.15, -0.1) is 0 Å². The second-order valence-electron chi connectivity index (χ2n) is 4.91. The fourth-order valence-electron chi connectivity index (χ4n) is 2.40. The third-order valence-electron chi connectivity index (χ3n) is 3.47. The van der Waals surface area contributed by atoms with Crippen LogP contribution >= 0.6 is 0 Å². The van der Waals surface area contributed by atoms with Gasteiger partial charge in [0.25, 0.3) is 0 Å². The van der Waals surface area contributed by atoms with Crippen molar-refractivity contribution < 1.29 is 0 Å². The summed E-state index contributed by atoms with van der Waals surface area (Å²) in [5.74, 6) is 0. The Hall–Kier alpha value is -0.870. The van der Waals surface area contributed by atoms with E-state index in [9.17, 15) is 0 Å². The molecule has 1 saturated carbocycles. The summed E-state index contributed by atoms with van der Waals surface area (Å²) in [6.45, 7) is 2.99. The molecule has 16 heavy (non-hydrogen) atoms. The Balaban J connectivity index is 1.81. The van der Waals surface area contributed by atoms with Crippen molar-refractivity contribution in [3.63, 3.8) is 0 Å². The predicted molar refractivity (Wildman–Crippen MR) is 65.0 cm³/mol. The third-order valence-corrected chi connectivity index (χ3v) is 3.47. The lowest BCUT2D eigenvalue weighted by Crippen LogP contribution is -2.37. The molecule has 90 valence electrons. The first-order valence-electron chi connectivity index (χ1n) is 6.13. The summed E-state index contributed by atoms with van der Waals surface area (Å²) < 4.78 is 1.88. The van der Waals surface area contributed by atoms with E-state index in [1.165, 1.54) is 18.4 Å². The van der Waals surface area contributed by atoms with E-state index < -0.39 is 0 Å². The van der Waals surface area contributed by atoms with Crippen LogP contribution in [-0.2, 0) is 13.6 Å². The van der Waals surface area contributed by atoms with E-state index in [4.69, 9.17) is 5.73 Å². The SMILES string of the molecule is Cc1nn(C)cc1CNC1CCC(N)CC1. The molecule has 0 saturated heterocycles. The molecule has 0 atom stereocenters. The Morgan fingerprint density at radius 1 is 1.44 bits per heavy atom. The van der Waals surface area contributed by atoms with Gasteiger partial charge in [-0.25, -0.2) is 0 Å². The van der Waals surface area contributed by atoms with E-state index >= 15 is 0 Å². The zero-order chi connectivity index (χ0) is 11.5. The number of hydrogen-bond donors (Lipinski definition) is 2. The van der Waals surface area contributed by atoms with Gasteiger partial charge in [0.2, 0.25) is 0 Å². The molecule has 3 N–H and O–H groups in total. The van der Waals surface area contributed by atoms with Gasteiger partial charge in [-0.3, -0.25) is 4.68 Å². The Morgan fingerprint density at radius 2 is 2.12 bits per heavy atom. The van der Waals surface area contributed by atoms with Gasteiger partial charge in [-0.2, -0.15) is 5.10 Å². The lowest BCUT2D eigenvalue weighted by molar-refractivity contribution is 0.341. The molecule has 1 fully saturated rings. The number of aryl methyl sites for hydroxylation is 2. The van der Waals surface area contributed by atoms with Crippen LogP contribution in [0.25, 0.3) is 0 Å². The Labute approximate surface area is 97.2 Å². The van der Waals surface area contributed by atoms with Crippen LogP contribution in [0.3, 0.4) is 0 Å². The minimum absolute atomic E-state index is 0.429. The first-order chi connectivity index (χ1) is 7.65. The summed E-state index contributed by atoms with van der Waals surface area (Å²) in [7, 11) is 1.97. The van der Waals surface area contributed by atoms with Crippen molar-refractivity contribution in [3.8, 4) is 0 Å². The molecule has 1 aromatic rings. The average Bonchev–Trinajstić information content (AvgIpc) is 2.57. The van der Waals surface area contributed by atoms with Crippen LogP contribution in [0.15, 0.2) is 6.20 Å². The maximum absolute atomic E-state index is 5.89. The summed E-state index contributed by atoms with van der Waals surface area (Å²) in [4.78, 5) is 0. The van der Waals surface area contributed by atoms with Gasteiger partial charge < -0.3 is 11.1 Å². The molecule has 0 aliphatic heterocycles. The van der Waals surface area contributed by atoms with Crippen LogP contribution in [0.1, 0.15) is 36.9 Å². The first kappa shape index (κ1) is 11.6. The second-order valence-corrected chi connectivity index (χ2v) is 4.91. The molecular weight excluding hydrogens is 200 g/mol. The van der Waals surface area contributed by atoms with Crippen molar-refractivity contribution in [1.29, 1.82) is 0 Å². The van der Waals surface area contributed by atoms with Crippen LogP contribution in [0, 0.1) is 6.92 Å². The summed E-state index contributed by atoms with van der Waals surface area (Å²) in [5.41, 5.74) is 8.32. The lowest BCUT2D eigenvalue weighted by atomic mass is 9.92. The van der Waals surface area contributed by atoms with Gasteiger partial charge in [0.15, 0.2) is 0 Å². The van der Waals surface area contributed by atoms with Crippen LogP contribution < -0.4 is 11.1 Å². The monoisotopic (exact) mass is 222 g/mol. The van der Waals surface area contributed by atoms with E-state index in [2.05, 4.69) is 23.5 Å². The Morgan fingerprint density at radius 3 is 2.69 bits per heavy atom. The number of aromatic nitrogens is 2. The van der Waals surface area contributed by atoms with Crippen LogP contribution in [0.2, 0.25) is 0 Å². The molecule has 0 radical (unpaired) electrons. The number of nitrogens with two attached hydrogens (primary N) is 1. The van der Waals surface area contributed by atoms with Crippen molar-refractivity contribution in [2.45, 2.75) is 51.2 Å². The molecule has 4 nitrogen and oxygen atoms in total. The van der Waals surface area contributed by atoms with E-state index in [1.54, 1.807) is 0 Å². The number of nitrogens with zero attached hydrogens (tertiary/aromatic N) is 2. The van der Waals surface area contributed by atoms with E-state index in [0.717, 1.165) is 25.1 Å². The van der Waals surface area contributed by atoms with Crippen molar-refractivity contribution >= 4 is 0 Å². The van der Waals surface area contributed by atoms with Crippen molar-refractivity contribution in [2.24, 2.45) is 12.8 Å².